The lowest BCUT2D eigenvalue weighted by Crippen LogP contribution is -2.45. The van der Waals surface area contributed by atoms with E-state index in [1.54, 1.807) is 23.1 Å². The van der Waals surface area contributed by atoms with Gasteiger partial charge in [-0.3, -0.25) is 9.59 Å². The van der Waals surface area contributed by atoms with E-state index in [4.69, 9.17) is 4.74 Å². The maximum Gasteiger partial charge on any atom is 0.254 e. The summed E-state index contributed by atoms with van der Waals surface area (Å²) < 4.78 is 6.48. The Morgan fingerprint density at radius 3 is 2.74 bits per heavy atom. The summed E-state index contributed by atoms with van der Waals surface area (Å²) in [5, 5.41) is 2.96. The average Bonchev–Trinajstić information content (AvgIpc) is 3.17. The third-order valence-corrected chi connectivity index (χ3v) is 5.12. The van der Waals surface area contributed by atoms with Crippen LogP contribution < -0.4 is 10.1 Å². The van der Waals surface area contributed by atoms with Gasteiger partial charge in [0.25, 0.3) is 5.91 Å². The standard InChI is InChI=1S/C21H23BrN2O3/c1-2-27-18-6-3-5-16(13-18)21(26)24-12-4-7-19(24)20(25)23-14-15-8-10-17(22)11-9-15/h3,5-6,8-11,13,19H,2,4,7,12,14H2,1H3,(H,23,25)/t19-/m0/s1. The Morgan fingerprint density at radius 1 is 1.22 bits per heavy atom. The first-order chi connectivity index (χ1) is 13.1. The van der Waals surface area contributed by atoms with Crippen LogP contribution in [-0.4, -0.2) is 35.9 Å². The van der Waals surface area contributed by atoms with Crippen molar-refractivity contribution in [3.63, 3.8) is 0 Å². The van der Waals surface area contributed by atoms with Gasteiger partial charge in [0.1, 0.15) is 11.8 Å². The van der Waals surface area contributed by atoms with Crippen molar-refractivity contribution in [3.05, 3.63) is 64.1 Å². The summed E-state index contributed by atoms with van der Waals surface area (Å²) in [7, 11) is 0. The fourth-order valence-corrected chi connectivity index (χ4v) is 3.51. The Kier molecular flexibility index (Phi) is 6.50. The summed E-state index contributed by atoms with van der Waals surface area (Å²) in [6.45, 7) is 3.49. The van der Waals surface area contributed by atoms with Gasteiger partial charge in [-0.2, -0.15) is 0 Å². The Balaban J connectivity index is 1.65. The van der Waals surface area contributed by atoms with Crippen LogP contribution in [-0.2, 0) is 11.3 Å². The van der Waals surface area contributed by atoms with Gasteiger partial charge in [-0.1, -0.05) is 34.1 Å². The molecule has 1 atom stereocenters. The first kappa shape index (κ1) is 19.4. The maximum atomic E-state index is 12.9. The van der Waals surface area contributed by atoms with E-state index in [0.29, 0.717) is 37.4 Å². The first-order valence-electron chi connectivity index (χ1n) is 9.14. The van der Waals surface area contributed by atoms with Crippen LogP contribution >= 0.6 is 15.9 Å². The molecule has 2 amide bonds. The molecule has 1 N–H and O–H groups in total. The number of rotatable bonds is 6. The zero-order valence-electron chi connectivity index (χ0n) is 15.3. The highest BCUT2D eigenvalue weighted by atomic mass is 79.9. The topological polar surface area (TPSA) is 58.6 Å². The van der Waals surface area contributed by atoms with Crippen molar-refractivity contribution in [2.45, 2.75) is 32.4 Å². The van der Waals surface area contributed by atoms with Crippen molar-refractivity contribution >= 4 is 27.7 Å². The number of carbonyl (C=O) groups is 2. The molecule has 0 aliphatic carbocycles. The molecule has 1 heterocycles. The lowest BCUT2D eigenvalue weighted by molar-refractivity contribution is -0.125. The summed E-state index contributed by atoms with van der Waals surface area (Å²) in [4.78, 5) is 27.2. The number of hydrogen-bond acceptors (Lipinski definition) is 3. The average molecular weight is 431 g/mol. The zero-order valence-corrected chi connectivity index (χ0v) is 16.9. The monoisotopic (exact) mass is 430 g/mol. The van der Waals surface area contributed by atoms with Gasteiger partial charge in [0.2, 0.25) is 5.91 Å². The molecule has 0 unspecified atom stereocenters. The molecule has 1 aliphatic rings. The van der Waals surface area contributed by atoms with Crippen molar-refractivity contribution < 1.29 is 14.3 Å². The maximum absolute atomic E-state index is 12.9. The Bertz CT molecular complexity index is 807. The van der Waals surface area contributed by atoms with Gasteiger partial charge >= 0.3 is 0 Å². The van der Waals surface area contributed by atoms with E-state index in [1.807, 2.05) is 37.3 Å². The van der Waals surface area contributed by atoms with Gasteiger partial charge in [0.05, 0.1) is 6.61 Å². The molecule has 0 spiro atoms. The molecule has 142 valence electrons. The summed E-state index contributed by atoms with van der Waals surface area (Å²) in [6, 6.07) is 14.5. The van der Waals surface area contributed by atoms with E-state index in [0.717, 1.165) is 16.5 Å². The van der Waals surface area contributed by atoms with Gasteiger partial charge in [-0.05, 0) is 55.7 Å². The number of halogens is 1. The highest BCUT2D eigenvalue weighted by Crippen LogP contribution is 2.22. The molecule has 1 fully saturated rings. The summed E-state index contributed by atoms with van der Waals surface area (Å²) >= 11 is 3.40. The minimum absolute atomic E-state index is 0.107. The molecule has 3 rings (SSSR count). The quantitative estimate of drug-likeness (QED) is 0.758. The SMILES string of the molecule is CCOc1cccc(C(=O)N2CCC[C@H]2C(=O)NCc2ccc(Br)cc2)c1. The summed E-state index contributed by atoms with van der Waals surface area (Å²) in [6.07, 6.45) is 1.51. The number of benzene rings is 2. The molecule has 5 nitrogen and oxygen atoms in total. The van der Waals surface area contributed by atoms with Crippen LogP contribution in [0, 0.1) is 0 Å². The first-order valence-corrected chi connectivity index (χ1v) is 9.93. The Labute approximate surface area is 167 Å². The van der Waals surface area contributed by atoms with Crippen molar-refractivity contribution in [1.29, 1.82) is 0 Å². The Morgan fingerprint density at radius 2 is 2.00 bits per heavy atom. The van der Waals surface area contributed by atoms with Gasteiger partial charge < -0.3 is 15.0 Å². The number of nitrogens with one attached hydrogen (secondary N) is 1. The molecule has 0 radical (unpaired) electrons. The Hall–Kier alpha value is -2.34. The molecule has 0 bridgehead atoms. The second-order valence-corrected chi connectivity index (χ2v) is 7.38. The summed E-state index contributed by atoms with van der Waals surface area (Å²) in [5.41, 5.74) is 1.57. The molecule has 1 saturated heterocycles. The number of nitrogens with zero attached hydrogens (tertiary/aromatic N) is 1. The van der Waals surface area contributed by atoms with Crippen molar-refractivity contribution in [1.82, 2.24) is 10.2 Å². The highest BCUT2D eigenvalue weighted by molar-refractivity contribution is 9.10. The number of likely N-dealkylation sites (tertiary alicyclic amines) is 1. The molecular weight excluding hydrogens is 408 g/mol. The van der Waals surface area contributed by atoms with Gasteiger partial charge in [0.15, 0.2) is 0 Å². The number of amides is 2. The third kappa shape index (κ3) is 4.89. The van der Waals surface area contributed by atoms with Gasteiger partial charge in [0, 0.05) is 23.1 Å². The predicted octanol–water partition coefficient (Wildman–Crippen LogP) is 3.77. The molecule has 27 heavy (non-hydrogen) atoms. The molecule has 2 aromatic rings. The van der Waals surface area contributed by atoms with E-state index in [-0.39, 0.29) is 11.8 Å². The summed E-state index contributed by atoms with van der Waals surface area (Å²) in [5.74, 6) is 0.432. The number of ether oxygens (including phenoxy) is 1. The molecule has 2 aromatic carbocycles. The highest BCUT2D eigenvalue weighted by Gasteiger charge is 2.34. The number of carbonyl (C=O) groups excluding carboxylic acids is 2. The van der Waals surface area contributed by atoms with Crippen LogP contribution in [0.5, 0.6) is 5.75 Å². The second-order valence-electron chi connectivity index (χ2n) is 6.46. The van der Waals surface area contributed by atoms with E-state index in [2.05, 4.69) is 21.2 Å². The number of hydrogen-bond donors (Lipinski definition) is 1. The molecule has 6 heteroatoms. The van der Waals surface area contributed by atoms with Crippen LogP contribution in [0.15, 0.2) is 53.0 Å². The minimum atomic E-state index is -0.427. The normalized spacial score (nSPS) is 16.2. The smallest absolute Gasteiger partial charge is 0.254 e. The van der Waals surface area contributed by atoms with Crippen molar-refractivity contribution in [3.8, 4) is 5.75 Å². The fraction of sp³-hybridized carbons (Fsp3) is 0.333. The zero-order chi connectivity index (χ0) is 19.2. The molecular formula is C21H23BrN2O3. The van der Waals surface area contributed by atoms with Crippen molar-refractivity contribution in [2.75, 3.05) is 13.2 Å². The lowest BCUT2D eigenvalue weighted by atomic mass is 10.1. The minimum Gasteiger partial charge on any atom is -0.494 e. The van der Waals surface area contributed by atoms with E-state index in [9.17, 15) is 9.59 Å². The van der Waals surface area contributed by atoms with E-state index < -0.39 is 6.04 Å². The van der Waals surface area contributed by atoms with Gasteiger partial charge in [-0.25, -0.2) is 0 Å². The lowest BCUT2D eigenvalue weighted by Gasteiger charge is -2.24. The molecule has 0 saturated carbocycles. The molecule has 0 aromatic heterocycles. The van der Waals surface area contributed by atoms with Crippen molar-refractivity contribution in [2.24, 2.45) is 0 Å². The largest absolute Gasteiger partial charge is 0.494 e. The van der Waals surface area contributed by atoms with Gasteiger partial charge in [-0.15, -0.1) is 0 Å². The fourth-order valence-electron chi connectivity index (χ4n) is 3.24. The predicted molar refractivity (Wildman–Crippen MR) is 108 cm³/mol. The van der Waals surface area contributed by atoms with Crippen LogP contribution in [0.4, 0.5) is 0 Å². The third-order valence-electron chi connectivity index (χ3n) is 4.59. The van der Waals surface area contributed by atoms with E-state index in [1.165, 1.54) is 0 Å². The van der Waals surface area contributed by atoms with Crippen LogP contribution in [0.2, 0.25) is 0 Å². The second kappa shape index (κ2) is 9.04. The van der Waals surface area contributed by atoms with Crippen LogP contribution in [0.3, 0.4) is 0 Å². The molecule has 1 aliphatic heterocycles. The van der Waals surface area contributed by atoms with E-state index >= 15 is 0 Å². The van der Waals surface area contributed by atoms with Crippen LogP contribution in [0.25, 0.3) is 0 Å². The van der Waals surface area contributed by atoms with Crippen LogP contribution in [0.1, 0.15) is 35.7 Å².